The van der Waals surface area contributed by atoms with Crippen LogP contribution < -0.4 is 5.73 Å². The van der Waals surface area contributed by atoms with Gasteiger partial charge in [-0.1, -0.05) is 18.1 Å². The molecule has 2 amide bonds. The summed E-state index contributed by atoms with van der Waals surface area (Å²) in [7, 11) is 0. The second-order valence-corrected chi connectivity index (χ2v) is 5.61. The average Bonchev–Trinajstić information content (AvgIpc) is 3.27. The Morgan fingerprint density at radius 3 is 3.08 bits per heavy atom. The molecular weight excluding hydrogens is 318 g/mol. The topological polar surface area (TPSA) is 85.8 Å². The Balaban J connectivity index is 1.64. The Kier molecular flexibility index (Phi) is 3.80. The number of hydrogen-bond donors (Lipinski definition) is 1. The van der Waals surface area contributed by atoms with Crippen LogP contribution in [0.3, 0.4) is 0 Å². The Morgan fingerprint density at radius 1 is 1.28 bits per heavy atom. The van der Waals surface area contributed by atoms with Gasteiger partial charge in [-0.05, 0) is 35.7 Å². The molecule has 2 aromatic heterocycles. The number of nitrogens with zero attached hydrogens (tertiary/aromatic N) is 4. The van der Waals surface area contributed by atoms with Crippen LogP contribution >= 0.6 is 0 Å². The van der Waals surface area contributed by atoms with Gasteiger partial charge in [0.25, 0.3) is 0 Å². The molecule has 3 heterocycles. The van der Waals surface area contributed by atoms with Crippen molar-refractivity contribution in [3.63, 3.8) is 0 Å². The zero-order valence-electron chi connectivity index (χ0n) is 13.3. The summed E-state index contributed by atoms with van der Waals surface area (Å²) in [5, 5.41) is 5.46. The first kappa shape index (κ1) is 15.2. The molecule has 1 unspecified atom stereocenters. The minimum Gasteiger partial charge on any atom is -0.350 e. The second-order valence-electron chi connectivity index (χ2n) is 5.61. The average molecular weight is 333 g/mol. The van der Waals surface area contributed by atoms with Crippen molar-refractivity contribution in [2.24, 2.45) is 5.73 Å². The van der Waals surface area contributed by atoms with Crippen molar-refractivity contribution in [3.8, 4) is 11.8 Å². The number of carbonyl (C=O) groups is 1. The van der Waals surface area contributed by atoms with Gasteiger partial charge in [-0.25, -0.2) is 14.3 Å². The molecule has 3 aromatic rings. The van der Waals surface area contributed by atoms with E-state index in [0.717, 1.165) is 16.8 Å². The largest absolute Gasteiger partial charge is 0.350 e. The van der Waals surface area contributed by atoms with E-state index in [-0.39, 0.29) is 6.04 Å². The molecule has 124 valence electrons. The second kappa shape index (κ2) is 6.26. The van der Waals surface area contributed by atoms with E-state index >= 15 is 0 Å². The molecule has 0 bridgehead atoms. The number of nitrogens with two attached hydrogens (primary N) is 1. The number of rotatable bonds is 1. The number of hydroxylamine groups is 2. The maximum Gasteiger partial charge on any atom is 0.339 e. The lowest BCUT2D eigenvalue weighted by Gasteiger charge is -2.20. The monoisotopic (exact) mass is 333 g/mol. The highest BCUT2D eigenvalue weighted by Crippen LogP contribution is 2.30. The first-order chi connectivity index (χ1) is 12.2. The van der Waals surface area contributed by atoms with Crippen LogP contribution in [0, 0.1) is 11.8 Å². The number of primary amides is 1. The summed E-state index contributed by atoms with van der Waals surface area (Å²) in [6.07, 6.45) is 4.09. The van der Waals surface area contributed by atoms with E-state index in [9.17, 15) is 4.79 Å². The van der Waals surface area contributed by atoms with Crippen LogP contribution in [-0.4, -0.2) is 32.3 Å². The van der Waals surface area contributed by atoms with Gasteiger partial charge in [0.1, 0.15) is 5.69 Å². The zero-order chi connectivity index (χ0) is 17.2. The fraction of sp³-hybridized carbons (Fsp3) is 0.167. The predicted octanol–water partition coefficient (Wildman–Crippen LogP) is 1.89. The van der Waals surface area contributed by atoms with Crippen molar-refractivity contribution in [1.82, 2.24) is 19.7 Å². The van der Waals surface area contributed by atoms with Gasteiger partial charge in [-0.3, -0.25) is 4.84 Å². The lowest BCUT2D eigenvalue weighted by molar-refractivity contribution is -0.0846. The van der Waals surface area contributed by atoms with E-state index in [1.807, 2.05) is 36.4 Å². The van der Waals surface area contributed by atoms with Crippen molar-refractivity contribution in [2.75, 3.05) is 6.61 Å². The Labute approximate surface area is 144 Å². The lowest BCUT2D eigenvalue weighted by atomic mass is 10.0. The van der Waals surface area contributed by atoms with Gasteiger partial charge >= 0.3 is 6.03 Å². The van der Waals surface area contributed by atoms with Crippen molar-refractivity contribution in [3.05, 3.63) is 65.6 Å². The van der Waals surface area contributed by atoms with Crippen LogP contribution in [0.25, 0.3) is 5.65 Å². The van der Waals surface area contributed by atoms with Crippen LogP contribution in [0.5, 0.6) is 0 Å². The number of amides is 2. The van der Waals surface area contributed by atoms with Crippen molar-refractivity contribution < 1.29 is 9.63 Å². The summed E-state index contributed by atoms with van der Waals surface area (Å²) >= 11 is 0. The molecule has 1 aromatic carbocycles. The van der Waals surface area contributed by atoms with Gasteiger partial charge in [0.2, 0.25) is 0 Å². The normalized spacial score (nSPS) is 16.6. The lowest BCUT2D eigenvalue weighted by Crippen LogP contribution is -2.34. The molecule has 0 spiro atoms. The first-order valence-electron chi connectivity index (χ1n) is 7.85. The van der Waals surface area contributed by atoms with E-state index in [1.54, 1.807) is 16.9 Å². The minimum absolute atomic E-state index is 0.184. The van der Waals surface area contributed by atoms with Crippen molar-refractivity contribution >= 4 is 11.7 Å². The molecule has 0 radical (unpaired) electrons. The highest BCUT2D eigenvalue weighted by atomic mass is 16.7. The number of urea groups is 1. The van der Waals surface area contributed by atoms with Crippen molar-refractivity contribution in [2.45, 2.75) is 12.5 Å². The molecule has 7 heteroatoms. The van der Waals surface area contributed by atoms with Gasteiger partial charge in [-0.2, -0.15) is 10.2 Å². The summed E-state index contributed by atoms with van der Waals surface area (Å²) in [4.78, 5) is 21.0. The third kappa shape index (κ3) is 2.91. The fourth-order valence-electron chi connectivity index (χ4n) is 2.86. The quantitative estimate of drug-likeness (QED) is 0.689. The van der Waals surface area contributed by atoms with E-state index in [1.165, 1.54) is 5.06 Å². The molecule has 1 saturated heterocycles. The van der Waals surface area contributed by atoms with Crippen LogP contribution in [0.4, 0.5) is 4.79 Å². The molecule has 1 fully saturated rings. The Hall–Kier alpha value is -3.37. The fourth-order valence-corrected chi connectivity index (χ4v) is 2.86. The molecule has 0 saturated carbocycles. The Morgan fingerprint density at radius 2 is 2.20 bits per heavy atom. The maximum absolute atomic E-state index is 11.5. The van der Waals surface area contributed by atoms with Crippen LogP contribution in [-0.2, 0) is 4.84 Å². The minimum atomic E-state index is -0.587. The van der Waals surface area contributed by atoms with Gasteiger partial charge in [0.15, 0.2) is 5.65 Å². The van der Waals surface area contributed by atoms with Crippen molar-refractivity contribution in [1.29, 1.82) is 0 Å². The summed E-state index contributed by atoms with van der Waals surface area (Å²) < 4.78 is 1.69. The molecule has 7 nitrogen and oxygen atoms in total. The number of aromatic nitrogens is 3. The van der Waals surface area contributed by atoms with E-state index in [2.05, 4.69) is 21.9 Å². The highest BCUT2D eigenvalue weighted by molar-refractivity contribution is 5.71. The number of hydrogen-bond acceptors (Lipinski definition) is 4. The zero-order valence-corrected chi connectivity index (χ0v) is 13.3. The highest BCUT2D eigenvalue weighted by Gasteiger charge is 2.30. The Bertz CT molecular complexity index is 1000. The molecule has 25 heavy (non-hydrogen) atoms. The van der Waals surface area contributed by atoms with Gasteiger partial charge in [0, 0.05) is 18.2 Å². The molecular formula is C18H15N5O2. The molecule has 2 N–H and O–H groups in total. The summed E-state index contributed by atoms with van der Waals surface area (Å²) in [6, 6.07) is 10.6. The summed E-state index contributed by atoms with van der Waals surface area (Å²) in [6.45, 7) is 0.469. The third-order valence-corrected chi connectivity index (χ3v) is 4.01. The molecule has 1 aliphatic heterocycles. The SMILES string of the molecule is NC(=O)N1OCCC1c1cccc(C#Cc2cnc3cccnn23)c1. The third-order valence-electron chi connectivity index (χ3n) is 4.01. The standard InChI is InChI=1S/C18H15N5O2/c19-18(24)23-16(8-10-25-23)14-4-1-3-13(11-14)6-7-15-12-20-17-5-2-9-21-22(15)17/h1-5,9,11-12,16H,8,10H2,(H2,19,24). The van der Waals surface area contributed by atoms with E-state index < -0.39 is 6.03 Å². The van der Waals surface area contributed by atoms with E-state index in [0.29, 0.717) is 18.7 Å². The van der Waals surface area contributed by atoms with Gasteiger partial charge in [-0.15, -0.1) is 0 Å². The number of fused-ring (bicyclic) bond motifs is 1. The predicted molar refractivity (Wildman–Crippen MR) is 90.1 cm³/mol. The first-order valence-corrected chi connectivity index (χ1v) is 7.85. The number of imidazole rings is 1. The van der Waals surface area contributed by atoms with Gasteiger partial charge in [0.05, 0.1) is 18.8 Å². The molecule has 4 rings (SSSR count). The van der Waals surface area contributed by atoms with Crippen LogP contribution in [0.1, 0.15) is 29.3 Å². The van der Waals surface area contributed by atoms with Crippen LogP contribution in [0.2, 0.25) is 0 Å². The molecule has 0 aliphatic carbocycles. The summed E-state index contributed by atoms with van der Waals surface area (Å²) in [5.74, 6) is 6.21. The number of benzene rings is 1. The van der Waals surface area contributed by atoms with Crippen LogP contribution in [0.15, 0.2) is 48.8 Å². The smallest absolute Gasteiger partial charge is 0.339 e. The molecule has 1 atom stereocenters. The number of carbonyl (C=O) groups excluding carboxylic acids is 1. The summed E-state index contributed by atoms with van der Waals surface area (Å²) in [5.41, 5.74) is 8.60. The van der Waals surface area contributed by atoms with Gasteiger partial charge < -0.3 is 5.73 Å². The maximum atomic E-state index is 11.5. The van der Waals surface area contributed by atoms with E-state index in [4.69, 9.17) is 10.6 Å². The molecule has 1 aliphatic rings.